The molecule has 0 saturated heterocycles. The molecule has 0 atom stereocenters. The fourth-order valence-corrected chi connectivity index (χ4v) is 1.31. The van der Waals surface area contributed by atoms with Gasteiger partial charge in [0.15, 0.2) is 0 Å². The van der Waals surface area contributed by atoms with Crippen molar-refractivity contribution >= 4 is 11.5 Å². The Labute approximate surface area is 88.3 Å². The number of hydrazine groups is 1. The van der Waals surface area contributed by atoms with Crippen molar-refractivity contribution < 1.29 is 10.2 Å². The molecule has 0 aliphatic rings. The first kappa shape index (κ1) is 11.7. The summed E-state index contributed by atoms with van der Waals surface area (Å²) in [7, 11) is 0. The van der Waals surface area contributed by atoms with E-state index < -0.39 is 0 Å². The van der Waals surface area contributed by atoms with Crippen LogP contribution in [-0.4, -0.2) is 41.5 Å². The van der Waals surface area contributed by atoms with Crippen molar-refractivity contribution in [2.75, 3.05) is 36.6 Å². The lowest BCUT2D eigenvalue weighted by atomic mass is 10.3. The van der Waals surface area contributed by atoms with Gasteiger partial charge in [-0.1, -0.05) is 0 Å². The van der Waals surface area contributed by atoms with Crippen LogP contribution in [0, 0.1) is 0 Å². The predicted octanol–water partition coefficient (Wildman–Crippen LogP) is -0.842. The van der Waals surface area contributed by atoms with Gasteiger partial charge in [0.05, 0.1) is 13.2 Å². The number of nitrogens with two attached hydrogens (primary N) is 1. The van der Waals surface area contributed by atoms with E-state index in [2.05, 4.69) is 10.4 Å². The normalized spacial score (nSPS) is 10.1. The summed E-state index contributed by atoms with van der Waals surface area (Å²) in [4.78, 5) is 5.82. The molecular weight excluding hydrogens is 196 g/mol. The molecular formula is C9H16N4O2. The van der Waals surface area contributed by atoms with Crippen molar-refractivity contribution in [1.29, 1.82) is 0 Å². The van der Waals surface area contributed by atoms with Crippen molar-refractivity contribution in [1.82, 2.24) is 4.98 Å². The molecule has 0 aliphatic carbocycles. The summed E-state index contributed by atoms with van der Waals surface area (Å²) in [6.45, 7) is 1.00. The summed E-state index contributed by atoms with van der Waals surface area (Å²) >= 11 is 0. The molecule has 0 fully saturated rings. The minimum atomic E-state index is 0.0354. The van der Waals surface area contributed by atoms with Crippen molar-refractivity contribution in [2.24, 2.45) is 5.84 Å². The van der Waals surface area contributed by atoms with E-state index in [1.165, 1.54) is 0 Å². The van der Waals surface area contributed by atoms with E-state index in [-0.39, 0.29) is 13.2 Å². The van der Waals surface area contributed by atoms with Crippen LogP contribution in [0.15, 0.2) is 18.3 Å². The van der Waals surface area contributed by atoms with Crippen molar-refractivity contribution in [3.05, 3.63) is 18.3 Å². The molecule has 0 bridgehead atoms. The van der Waals surface area contributed by atoms with Crippen LogP contribution in [0.25, 0.3) is 0 Å². The van der Waals surface area contributed by atoms with Gasteiger partial charge in [0.2, 0.25) is 0 Å². The third-order valence-electron chi connectivity index (χ3n) is 2.00. The monoisotopic (exact) mass is 212 g/mol. The molecule has 0 unspecified atom stereocenters. The van der Waals surface area contributed by atoms with Crippen LogP contribution in [0.4, 0.5) is 11.5 Å². The molecule has 0 amide bonds. The third-order valence-corrected chi connectivity index (χ3v) is 2.00. The highest BCUT2D eigenvalue weighted by molar-refractivity contribution is 5.53. The van der Waals surface area contributed by atoms with E-state index >= 15 is 0 Å². The average molecular weight is 212 g/mol. The van der Waals surface area contributed by atoms with Gasteiger partial charge in [0.1, 0.15) is 5.82 Å². The maximum absolute atomic E-state index is 8.87. The molecule has 0 radical (unpaired) electrons. The molecule has 1 aromatic rings. The maximum atomic E-state index is 8.87. The summed E-state index contributed by atoms with van der Waals surface area (Å²) in [5.74, 6) is 5.79. The number of aromatic nitrogens is 1. The second-order valence-corrected chi connectivity index (χ2v) is 2.98. The quantitative estimate of drug-likeness (QED) is 0.363. The number of rotatable bonds is 6. The second-order valence-electron chi connectivity index (χ2n) is 2.98. The highest BCUT2D eigenvalue weighted by Gasteiger charge is 2.05. The molecule has 6 heteroatoms. The molecule has 0 spiro atoms. The van der Waals surface area contributed by atoms with E-state index in [1.54, 1.807) is 18.3 Å². The number of aliphatic hydroxyl groups excluding tert-OH is 2. The summed E-state index contributed by atoms with van der Waals surface area (Å²) in [6.07, 6.45) is 1.62. The lowest BCUT2D eigenvalue weighted by Gasteiger charge is -2.23. The minimum Gasteiger partial charge on any atom is -0.395 e. The number of hydrogen-bond donors (Lipinski definition) is 4. The Morgan fingerprint density at radius 1 is 1.33 bits per heavy atom. The molecule has 0 saturated carbocycles. The van der Waals surface area contributed by atoms with Crippen LogP contribution < -0.4 is 16.2 Å². The van der Waals surface area contributed by atoms with Gasteiger partial charge in [-0.2, -0.15) is 0 Å². The Morgan fingerprint density at radius 2 is 2.00 bits per heavy atom. The smallest absolute Gasteiger partial charge is 0.141 e. The first-order valence-electron chi connectivity index (χ1n) is 4.71. The minimum absolute atomic E-state index is 0.0354. The van der Waals surface area contributed by atoms with Gasteiger partial charge in [-0.25, -0.2) is 10.8 Å². The molecule has 84 valence electrons. The van der Waals surface area contributed by atoms with E-state index in [4.69, 9.17) is 16.1 Å². The van der Waals surface area contributed by atoms with Crippen molar-refractivity contribution in [2.45, 2.75) is 0 Å². The molecule has 0 aliphatic heterocycles. The summed E-state index contributed by atoms with van der Waals surface area (Å²) < 4.78 is 0. The number of anilines is 2. The molecule has 1 heterocycles. The van der Waals surface area contributed by atoms with Gasteiger partial charge in [-0.15, -0.1) is 0 Å². The Morgan fingerprint density at radius 3 is 2.53 bits per heavy atom. The summed E-state index contributed by atoms with van der Waals surface area (Å²) in [5.41, 5.74) is 3.31. The van der Waals surface area contributed by atoms with Gasteiger partial charge in [0, 0.05) is 31.0 Å². The van der Waals surface area contributed by atoms with E-state index in [0.29, 0.717) is 18.9 Å². The van der Waals surface area contributed by atoms with Crippen LogP contribution in [0.2, 0.25) is 0 Å². The van der Waals surface area contributed by atoms with Gasteiger partial charge in [-0.05, 0) is 6.07 Å². The zero-order valence-corrected chi connectivity index (χ0v) is 8.43. The summed E-state index contributed by atoms with van der Waals surface area (Å²) in [5, 5.41) is 17.7. The van der Waals surface area contributed by atoms with Gasteiger partial charge < -0.3 is 20.5 Å². The predicted molar refractivity (Wildman–Crippen MR) is 58.4 cm³/mol. The Hall–Kier alpha value is -1.37. The van der Waals surface area contributed by atoms with Crippen molar-refractivity contribution in [3.63, 3.8) is 0 Å². The molecule has 6 nitrogen and oxygen atoms in total. The summed E-state index contributed by atoms with van der Waals surface area (Å²) in [6, 6.07) is 3.55. The second kappa shape index (κ2) is 6.18. The van der Waals surface area contributed by atoms with Crippen LogP contribution in [0.1, 0.15) is 0 Å². The number of pyridine rings is 1. The van der Waals surface area contributed by atoms with E-state index in [9.17, 15) is 0 Å². The number of hydrogen-bond acceptors (Lipinski definition) is 6. The van der Waals surface area contributed by atoms with Crippen LogP contribution in [0.3, 0.4) is 0 Å². The first-order valence-corrected chi connectivity index (χ1v) is 4.71. The molecule has 5 N–H and O–H groups in total. The number of nitrogens with zero attached hydrogens (tertiary/aromatic N) is 2. The molecule has 15 heavy (non-hydrogen) atoms. The SMILES string of the molecule is NNc1cc(N(CCO)CCO)ccn1. The molecule has 0 aromatic carbocycles. The fraction of sp³-hybridized carbons (Fsp3) is 0.444. The van der Waals surface area contributed by atoms with Crippen LogP contribution in [-0.2, 0) is 0 Å². The van der Waals surface area contributed by atoms with E-state index in [1.807, 2.05) is 4.90 Å². The zero-order valence-electron chi connectivity index (χ0n) is 8.43. The van der Waals surface area contributed by atoms with Gasteiger partial charge in [-0.3, -0.25) is 0 Å². The van der Waals surface area contributed by atoms with Crippen LogP contribution in [0.5, 0.6) is 0 Å². The highest BCUT2D eigenvalue weighted by Crippen LogP contribution is 2.15. The topological polar surface area (TPSA) is 94.6 Å². The Kier molecular flexibility index (Phi) is 4.82. The van der Waals surface area contributed by atoms with Gasteiger partial charge in [0.25, 0.3) is 0 Å². The standard InChI is InChI=1S/C9H16N4O2/c10-12-9-7-8(1-2-11-9)13(3-5-14)4-6-15/h1-2,7,14-15H,3-6,10H2,(H,11,12). The molecule has 1 rings (SSSR count). The Bertz CT molecular complexity index is 289. The first-order chi connectivity index (χ1) is 7.31. The van der Waals surface area contributed by atoms with Crippen LogP contribution >= 0.6 is 0 Å². The zero-order chi connectivity index (χ0) is 11.1. The molecule has 1 aromatic heterocycles. The fourth-order valence-electron chi connectivity index (χ4n) is 1.31. The average Bonchev–Trinajstić information content (AvgIpc) is 2.29. The largest absolute Gasteiger partial charge is 0.395 e. The number of aliphatic hydroxyl groups is 2. The lowest BCUT2D eigenvalue weighted by molar-refractivity contribution is 0.281. The van der Waals surface area contributed by atoms with E-state index in [0.717, 1.165) is 5.69 Å². The van der Waals surface area contributed by atoms with Crippen molar-refractivity contribution in [3.8, 4) is 0 Å². The Balaban J connectivity index is 2.79. The lowest BCUT2D eigenvalue weighted by Crippen LogP contribution is -2.29. The number of nitrogen functional groups attached to an aromatic ring is 1. The third kappa shape index (κ3) is 3.35. The maximum Gasteiger partial charge on any atom is 0.141 e. The highest BCUT2D eigenvalue weighted by atomic mass is 16.3. The number of nitrogens with one attached hydrogen (secondary N) is 1. The van der Waals surface area contributed by atoms with Gasteiger partial charge >= 0.3 is 0 Å².